The second kappa shape index (κ2) is 25.2. The van der Waals surface area contributed by atoms with Crippen molar-refractivity contribution in [3.05, 3.63) is 327 Å². The third-order valence-electron chi connectivity index (χ3n) is 17.3. The summed E-state index contributed by atoms with van der Waals surface area (Å²) in [4.78, 5) is 4.76. The van der Waals surface area contributed by atoms with Crippen molar-refractivity contribution in [2.75, 3.05) is 9.80 Å². The summed E-state index contributed by atoms with van der Waals surface area (Å²) in [7, 11) is 0. The second-order valence-corrected chi connectivity index (χ2v) is 22.6. The maximum absolute atomic E-state index is 4.69. The van der Waals surface area contributed by atoms with Crippen LogP contribution in [0.15, 0.2) is 298 Å². The number of pyridine rings is 3. The van der Waals surface area contributed by atoms with Crippen LogP contribution < -0.4 is 9.80 Å². The second-order valence-electron chi connectivity index (χ2n) is 22.6. The van der Waals surface area contributed by atoms with E-state index in [1.54, 1.807) is 0 Å². The Morgan fingerprint density at radius 2 is 0.689 bits per heavy atom. The fourth-order valence-electron chi connectivity index (χ4n) is 13.1. The number of hydrogen-bond acceptors (Lipinski definition) is 5. The van der Waals surface area contributed by atoms with Crippen LogP contribution in [0.5, 0.6) is 0 Å². The van der Waals surface area contributed by atoms with Gasteiger partial charge in [-0.25, -0.2) is 0 Å². The van der Waals surface area contributed by atoms with Crippen molar-refractivity contribution in [1.82, 2.24) is 28.8 Å². The van der Waals surface area contributed by atoms with E-state index in [4.69, 9.17) is 0 Å². The smallest absolute Gasteiger partial charge is 0.310 e. The first-order chi connectivity index (χ1) is 44.1. The van der Waals surface area contributed by atoms with Crippen molar-refractivity contribution in [2.45, 2.75) is 38.5 Å². The van der Waals surface area contributed by atoms with Crippen LogP contribution in [0.25, 0.3) is 81.6 Å². The molecule has 0 amide bonds. The summed E-state index contributed by atoms with van der Waals surface area (Å²) in [5.41, 5.74) is 15.8. The van der Waals surface area contributed by atoms with E-state index in [1.807, 2.05) is 68.5 Å². The predicted octanol–water partition coefficient (Wildman–Crippen LogP) is 20.9. The van der Waals surface area contributed by atoms with Crippen LogP contribution in [0, 0.1) is 18.2 Å². The first kappa shape index (κ1) is 57.1. The Morgan fingerprint density at radius 1 is 0.344 bits per heavy atom. The number of benzene rings is 11. The summed E-state index contributed by atoms with van der Waals surface area (Å²) < 4.78 is 5.95. The maximum atomic E-state index is 4.69. The van der Waals surface area contributed by atoms with E-state index >= 15 is 0 Å². The van der Waals surface area contributed by atoms with Crippen LogP contribution in [0.2, 0.25) is 0 Å². The molecule has 0 spiro atoms. The first-order valence-electron chi connectivity index (χ1n) is 30.5. The molecule has 11 aromatic carbocycles. The quantitative estimate of drug-likeness (QED) is 0.0954. The van der Waals surface area contributed by atoms with Crippen molar-refractivity contribution in [3.63, 3.8) is 0 Å². The Labute approximate surface area is 536 Å². The Kier molecular flexibility index (Phi) is 16.0. The Morgan fingerprint density at radius 3 is 1.08 bits per heavy atom. The fraction of sp³-hybridized carbons (Fsp3) is 0.0741. The van der Waals surface area contributed by atoms with Gasteiger partial charge in [-0.2, -0.15) is 87.6 Å². The van der Waals surface area contributed by atoms with E-state index in [2.05, 4.69) is 300 Å². The molecule has 2 atom stereocenters. The molecule has 8 nitrogen and oxygen atoms in total. The van der Waals surface area contributed by atoms with E-state index in [0.717, 1.165) is 80.1 Å². The molecule has 0 radical (unpaired) electrons. The Bertz CT molecular complexity index is 4870. The monoisotopic (exact) mass is 1340 g/mol. The SMILES string of the molecule is CCC(CC(C)c1cc(N(c2ccccc2)c2ccccc2)cc(N(c2ccccc2)c2ccccc2)c1)c1c[c-]c2c(c1)c1ccccc1c1ccnn21.[Ir+3].[c-]1cccc2c3ccccc3c3ccnn3c12.[c-]1cccc2c3ccccc3c3ccnn3c12. The van der Waals surface area contributed by atoms with Gasteiger partial charge in [-0.1, -0.05) is 194 Å². The number of hydrogen-bond donors (Lipinski definition) is 0. The number of para-hydroxylation sites is 6. The zero-order valence-corrected chi connectivity index (χ0v) is 52.2. The van der Waals surface area contributed by atoms with Crippen LogP contribution >= 0.6 is 0 Å². The van der Waals surface area contributed by atoms with Crippen LogP contribution in [0.1, 0.15) is 49.7 Å². The summed E-state index contributed by atoms with van der Waals surface area (Å²) in [5, 5.41) is 24.5. The molecule has 0 N–H and O–H groups in total. The van der Waals surface area contributed by atoms with E-state index in [9.17, 15) is 0 Å². The summed E-state index contributed by atoms with van der Waals surface area (Å²) in [6.07, 6.45) is 7.58. The molecule has 2 unspecified atom stereocenters. The van der Waals surface area contributed by atoms with Gasteiger partial charge in [0.15, 0.2) is 0 Å². The minimum Gasteiger partial charge on any atom is -0.310 e. The molecule has 0 saturated carbocycles. The molecular weight excluding hydrogens is 1280 g/mol. The number of nitrogens with zero attached hydrogens (tertiary/aromatic N) is 8. The molecule has 434 valence electrons. The van der Waals surface area contributed by atoms with Gasteiger partial charge in [0.2, 0.25) is 0 Å². The summed E-state index contributed by atoms with van der Waals surface area (Å²) in [6.45, 7) is 4.71. The zero-order chi connectivity index (χ0) is 59.6. The summed E-state index contributed by atoms with van der Waals surface area (Å²) in [6, 6.07) is 109. The zero-order valence-electron chi connectivity index (χ0n) is 49.8. The molecule has 6 heterocycles. The average Bonchev–Trinajstić information content (AvgIpc) is 1.44. The van der Waals surface area contributed by atoms with Gasteiger partial charge in [0.25, 0.3) is 0 Å². The molecule has 6 aromatic heterocycles. The molecule has 0 bridgehead atoms. The van der Waals surface area contributed by atoms with Gasteiger partial charge in [-0.15, -0.1) is 16.2 Å². The van der Waals surface area contributed by atoms with E-state index < -0.39 is 0 Å². The molecule has 17 aromatic rings. The average molecular weight is 1340 g/mol. The van der Waals surface area contributed by atoms with Gasteiger partial charge < -0.3 is 9.80 Å². The Balaban J connectivity index is 0.000000161. The van der Waals surface area contributed by atoms with Crippen molar-refractivity contribution >= 4 is 116 Å². The third-order valence-corrected chi connectivity index (χ3v) is 17.3. The van der Waals surface area contributed by atoms with Crippen LogP contribution in [0.4, 0.5) is 34.1 Å². The molecule has 0 fully saturated rings. The minimum atomic E-state index is 0. The van der Waals surface area contributed by atoms with E-state index in [-0.39, 0.29) is 26.0 Å². The number of fused-ring (bicyclic) bond motifs is 18. The normalized spacial score (nSPS) is 12.0. The number of anilines is 6. The third kappa shape index (κ3) is 10.7. The molecular formula is C81H61IrN8. The van der Waals surface area contributed by atoms with Gasteiger partial charge in [-0.3, -0.25) is 13.5 Å². The fourth-order valence-corrected chi connectivity index (χ4v) is 13.1. The van der Waals surface area contributed by atoms with Gasteiger partial charge in [0, 0.05) is 52.7 Å². The van der Waals surface area contributed by atoms with Gasteiger partial charge in [-0.05, 0) is 129 Å². The summed E-state index contributed by atoms with van der Waals surface area (Å²) >= 11 is 0. The molecule has 0 aliphatic heterocycles. The molecule has 9 heteroatoms. The topological polar surface area (TPSA) is 58.4 Å². The Hall–Kier alpha value is -10.7. The van der Waals surface area contributed by atoms with Crippen molar-refractivity contribution in [2.24, 2.45) is 0 Å². The van der Waals surface area contributed by atoms with E-state index in [1.165, 1.54) is 59.6 Å². The van der Waals surface area contributed by atoms with Gasteiger partial charge in [0.1, 0.15) is 0 Å². The predicted molar refractivity (Wildman–Crippen MR) is 369 cm³/mol. The van der Waals surface area contributed by atoms with Crippen molar-refractivity contribution in [3.8, 4) is 0 Å². The number of rotatable bonds is 11. The van der Waals surface area contributed by atoms with Gasteiger partial charge >= 0.3 is 20.1 Å². The van der Waals surface area contributed by atoms with Crippen LogP contribution in [-0.4, -0.2) is 28.8 Å². The molecule has 0 aliphatic carbocycles. The standard InChI is InChI=1S/C51H43N4.2C15H9N2.Ir/c1-3-38(39-28-29-50-49(35-39)47-26-16-17-27-48(47)51-30-31-52-55(50)51)32-37(2)40-33-45(53(41-18-8-4-9-19-41)42-20-10-5-11-21-42)36-46(34-40)54(43-22-12-6-13-23-43)44-24-14-7-15-25-44;2*1-2-6-13-11(5-1)12-7-3-4-8-14(12)17-15(13)9-10-16-17;/h4-28,30-31,33-38H,3,32H2,1-2H3;2*1-7,9-10H;/q3*-1;+3. The van der Waals surface area contributed by atoms with Gasteiger partial charge in [0.05, 0.1) is 16.6 Å². The minimum absolute atomic E-state index is 0. The van der Waals surface area contributed by atoms with Crippen molar-refractivity contribution < 1.29 is 20.1 Å². The molecule has 17 rings (SSSR count). The first-order valence-corrected chi connectivity index (χ1v) is 30.5. The summed E-state index contributed by atoms with van der Waals surface area (Å²) in [5.74, 6) is 0.597. The van der Waals surface area contributed by atoms with Crippen molar-refractivity contribution in [1.29, 1.82) is 0 Å². The largest absolute Gasteiger partial charge is 3.00 e. The van der Waals surface area contributed by atoms with E-state index in [0.29, 0.717) is 5.92 Å². The number of aromatic nitrogens is 6. The van der Waals surface area contributed by atoms with Crippen LogP contribution in [-0.2, 0) is 20.1 Å². The van der Waals surface area contributed by atoms with Crippen LogP contribution in [0.3, 0.4) is 0 Å². The molecule has 0 aliphatic rings. The molecule has 90 heavy (non-hydrogen) atoms. The molecule has 0 saturated heterocycles. The maximum Gasteiger partial charge on any atom is 3.00 e.